The molecule has 0 spiro atoms. The Hall–Kier alpha value is 0.137. The maximum absolute atomic E-state index is 5.76. The van der Waals surface area contributed by atoms with Gasteiger partial charge in [0.1, 0.15) is 0 Å². The number of rotatable bonds is 12. The molecular weight excluding hydrogens is 228 g/mol. The number of hydrogen-bond acceptors (Lipinski definition) is 2. The number of unbranched alkanes of at least 4 members (excludes halogenated alkanes) is 5. The van der Waals surface area contributed by atoms with E-state index in [1.165, 1.54) is 44.9 Å². The molecule has 0 aromatic heterocycles. The van der Waals surface area contributed by atoms with E-state index in [1.807, 2.05) is 0 Å². The van der Waals surface area contributed by atoms with Crippen molar-refractivity contribution in [3.8, 4) is 0 Å². The van der Waals surface area contributed by atoms with Crippen molar-refractivity contribution in [1.82, 2.24) is 0 Å². The summed E-state index contributed by atoms with van der Waals surface area (Å²) in [5, 5.41) is 0. The van der Waals surface area contributed by atoms with Crippen molar-refractivity contribution in [3.05, 3.63) is 0 Å². The summed E-state index contributed by atoms with van der Waals surface area (Å²) >= 11 is 0. The van der Waals surface area contributed by atoms with Crippen LogP contribution in [0.4, 0.5) is 0 Å². The summed E-state index contributed by atoms with van der Waals surface area (Å²) in [6.07, 6.45) is 9.53. The molecule has 0 aliphatic carbocycles. The van der Waals surface area contributed by atoms with Crippen molar-refractivity contribution < 1.29 is 8.85 Å². The molecule has 1 unspecified atom stereocenters. The van der Waals surface area contributed by atoms with E-state index in [0.29, 0.717) is 5.54 Å². The molecule has 0 fully saturated rings. The van der Waals surface area contributed by atoms with E-state index in [1.54, 1.807) is 0 Å². The van der Waals surface area contributed by atoms with Crippen LogP contribution >= 0.6 is 0 Å². The molecule has 2 nitrogen and oxygen atoms in total. The van der Waals surface area contributed by atoms with Gasteiger partial charge in [0.25, 0.3) is 0 Å². The lowest BCUT2D eigenvalue weighted by Crippen LogP contribution is -2.27. The van der Waals surface area contributed by atoms with Crippen LogP contribution in [0.5, 0.6) is 0 Å². The van der Waals surface area contributed by atoms with Crippen LogP contribution in [0.15, 0.2) is 0 Å². The van der Waals surface area contributed by atoms with E-state index in [9.17, 15) is 0 Å². The Labute approximate surface area is 110 Å². The number of hydrogen-bond donors (Lipinski definition) is 0. The molecule has 3 heteroatoms. The summed E-state index contributed by atoms with van der Waals surface area (Å²) in [6.45, 7) is 10.3. The quantitative estimate of drug-likeness (QED) is 0.382. The first-order chi connectivity index (χ1) is 8.26. The first-order valence-corrected chi connectivity index (χ1v) is 9.10. The summed E-state index contributed by atoms with van der Waals surface area (Å²) < 4.78 is 11.5. The Morgan fingerprint density at radius 2 is 1.35 bits per heavy atom. The Balaban J connectivity index is 3.55. The van der Waals surface area contributed by atoms with Crippen LogP contribution in [0.1, 0.15) is 72.6 Å². The Morgan fingerprint density at radius 1 is 0.824 bits per heavy atom. The zero-order valence-electron chi connectivity index (χ0n) is 12.3. The Morgan fingerprint density at radius 3 is 1.88 bits per heavy atom. The Kier molecular flexibility index (Phi) is 12.7. The van der Waals surface area contributed by atoms with E-state index >= 15 is 0 Å². The average molecular weight is 260 g/mol. The minimum atomic E-state index is -1.39. The molecule has 0 rings (SSSR count). The topological polar surface area (TPSA) is 18.5 Å². The van der Waals surface area contributed by atoms with Gasteiger partial charge in [-0.2, -0.15) is 0 Å². The lowest BCUT2D eigenvalue weighted by atomic mass is 10.1. The third kappa shape index (κ3) is 9.80. The van der Waals surface area contributed by atoms with Gasteiger partial charge in [0.05, 0.1) is 0 Å². The molecule has 0 aromatic carbocycles. The van der Waals surface area contributed by atoms with Crippen LogP contribution in [-0.4, -0.2) is 22.5 Å². The van der Waals surface area contributed by atoms with Crippen molar-refractivity contribution in [2.75, 3.05) is 13.2 Å². The normalized spacial score (nSPS) is 13.2. The zero-order chi connectivity index (χ0) is 12.9. The highest BCUT2D eigenvalue weighted by atomic mass is 28.3. The van der Waals surface area contributed by atoms with E-state index in [-0.39, 0.29) is 0 Å². The largest absolute Gasteiger partial charge is 0.397 e. The van der Waals surface area contributed by atoms with Crippen LogP contribution in [0, 0.1) is 0 Å². The maximum Gasteiger partial charge on any atom is 0.324 e. The van der Waals surface area contributed by atoms with Gasteiger partial charge in [-0.15, -0.1) is 0 Å². The fourth-order valence-electron chi connectivity index (χ4n) is 2.09. The average Bonchev–Trinajstić information content (AvgIpc) is 2.33. The molecule has 17 heavy (non-hydrogen) atoms. The molecule has 1 atom stereocenters. The standard InChI is InChI=1S/C14H32O2Si/c1-5-8-9-10-11-12-13-14(4)17(15-6-2)16-7-3/h14,17H,5-13H2,1-4H3. The molecule has 0 bridgehead atoms. The summed E-state index contributed by atoms with van der Waals surface area (Å²) in [5.74, 6) is 0. The fraction of sp³-hybridized carbons (Fsp3) is 1.00. The molecule has 0 aliphatic heterocycles. The molecule has 0 heterocycles. The first kappa shape index (κ1) is 17.1. The van der Waals surface area contributed by atoms with E-state index in [0.717, 1.165) is 13.2 Å². The smallest absolute Gasteiger partial charge is 0.324 e. The minimum absolute atomic E-state index is 0.654. The van der Waals surface area contributed by atoms with Gasteiger partial charge in [-0.05, 0) is 25.8 Å². The van der Waals surface area contributed by atoms with Crippen LogP contribution in [0.25, 0.3) is 0 Å². The lowest BCUT2D eigenvalue weighted by Gasteiger charge is -2.21. The molecule has 0 saturated carbocycles. The third-order valence-corrected chi connectivity index (χ3v) is 5.73. The molecule has 104 valence electrons. The fourth-order valence-corrected chi connectivity index (χ4v) is 4.01. The van der Waals surface area contributed by atoms with Crippen molar-refractivity contribution in [2.45, 2.75) is 78.2 Å². The van der Waals surface area contributed by atoms with Gasteiger partial charge in [0, 0.05) is 13.2 Å². The molecule has 0 aliphatic rings. The van der Waals surface area contributed by atoms with Crippen molar-refractivity contribution in [3.63, 3.8) is 0 Å². The summed E-state index contributed by atoms with van der Waals surface area (Å²) in [6, 6.07) is 0. The monoisotopic (exact) mass is 260 g/mol. The second-order valence-corrected chi connectivity index (χ2v) is 7.35. The van der Waals surface area contributed by atoms with Gasteiger partial charge in [-0.1, -0.05) is 52.4 Å². The van der Waals surface area contributed by atoms with Gasteiger partial charge in [0.15, 0.2) is 0 Å². The summed E-state index contributed by atoms with van der Waals surface area (Å²) in [7, 11) is -1.39. The highest BCUT2D eigenvalue weighted by Gasteiger charge is 2.20. The van der Waals surface area contributed by atoms with Gasteiger partial charge in [0.2, 0.25) is 0 Å². The van der Waals surface area contributed by atoms with Crippen LogP contribution < -0.4 is 0 Å². The van der Waals surface area contributed by atoms with Crippen molar-refractivity contribution in [1.29, 1.82) is 0 Å². The molecule has 0 aromatic rings. The van der Waals surface area contributed by atoms with Crippen LogP contribution in [0.2, 0.25) is 5.54 Å². The van der Waals surface area contributed by atoms with Gasteiger partial charge in [-0.25, -0.2) is 0 Å². The molecule has 0 N–H and O–H groups in total. The Bertz CT molecular complexity index is 147. The van der Waals surface area contributed by atoms with Gasteiger partial charge >= 0.3 is 9.28 Å². The van der Waals surface area contributed by atoms with Crippen molar-refractivity contribution >= 4 is 9.28 Å². The summed E-state index contributed by atoms with van der Waals surface area (Å²) in [5.41, 5.74) is 0.654. The van der Waals surface area contributed by atoms with Gasteiger partial charge < -0.3 is 8.85 Å². The molecule has 0 saturated heterocycles. The van der Waals surface area contributed by atoms with E-state index in [4.69, 9.17) is 8.85 Å². The van der Waals surface area contributed by atoms with E-state index in [2.05, 4.69) is 27.7 Å². The third-order valence-electron chi connectivity index (χ3n) is 3.14. The lowest BCUT2D eigenvalue weighted by molar-refractivity contribution is 0.203. The predicted octanol–water partition coefficient (Wildman–Crippen LogP) is 4.42. The minimum Gasteiger partial charge on any atom is -0.397 e. The summed E-state index contributed by atoms with van der Waals surface area (Å²) in [4.78, 5) is 0. The highest BCUT2D eigenvalue weighted by molar-refractivity contribution is 6.46. The SMILES string of the molecule is CCCCCCCCC(C)[SiH](OCC)OCC. The predicted molar refractivity (Wildman–Crippen MR) is 77.8 cm³/mol. The zero-order valence-corrected chi connectivity index (χ0v) is 13.5. The second-order valence-electron chi connectivity index (χ2n) is 4.81. The van der Waals surface area contributed by atoms with Gasteiger partial charge in [-0.3, -0.25) is 0 Å². The molecule has 0 radical (unpaired) electrons. The molecular formula is C14H32O2Si. The highest BCUT2D eigenvalue weighted by Crippen LogP contribution is 2.20. The van der Waals surface area contributed by atoms with E-state index < -0.39 is 9.28 Å². The van der Waals surface area contributed by atoms with Crippen LogP contribution in [0.3, 0.4) is 0 Å². The molecule has 0 amide bonds. The second kappa shape index (κ2) is 12.6. The van der Waals surface area contributed by atoms with Crippen molar-refractivity contribution in [2.24, 2.45) is 0 Å². The van der Waals surface area contributed by atoms with Crippen LogP contribution in [-0.2, 0) is 8.85 Å². The maximum atomic E-state index is 5.76. The first-order valence-electron chi connectivity index (χ1n) is 7.49.